The van der Waals surface area contributed by atoms with Crippen molar-refractivity contribution in [2.45, 2.75) is 57.0 Å². The molecule has 2 fully saturated rings. The third-order valence-corrected chi connectivity index (χ3v) is 6.12. The summed E-state index contributed by atoms with van der Waals surface area (Å²) < 4.78 is 5.25. The van der Waals surface area contributed by atoms with Crippen LogP contribution >= 0.6 is 0 Å². The molecule has 0 N–H and O–H groups in total. The molecule has 4 nitrogen and oxygen atoms in total. The van der Waals surface area contributed by atoms with Gasteiger partial charge in [0.25, 0.3) is 0 Å². The zero-order valence-electron chi connectivity index (χ0n) is 15.4. The number of ether oxygens (including phenoxy) is 1. The summed E-state index contributed by atoms with van der Waals surface area (Å²) >= 11 is 0. The number of oxime groups is 1. The zero-order valence-corrected chi connectivity index (χ0v) is 15.4. The predicted octanol–water partition coefficient (Wildman–Crippen LogP) is 4.23. The Hall–Kier alpha value is -1.55. The summed E-state index contributed by atoms with van der Waals surface area (Å²) in [5.74, 6) is 1.78. The minimum Gasteiger partial charge on any atom is -0.497 e. The molecular weight excluding hydrogens is 312 g/mol. The molecule has 1 atom stereocenters. The summed E-state index contributed by atoms with van der Waals surface area (Å²) in [5, 5.41) is 4.47. The molecule has 0 amide bonds. The lowest BCUT2D eigenvalue weighted by atomic mass is 9.84. The first-order valence-electron chi connectivity index (χ1n) is 9.88. The molecule has 0 radical (unpaired) electrons. The van der Waals surface area contributed by atoms with Crippen LogP contribution in [-0.4, -0.2) is 43.0 Å². The van der Waals surface area contributed by atoms with Crippen LogP contribution in [-0.2, 0) is 4.84 Å². The average molecular weight is 342 g/mol. The molecule has 1 spiro atoms. The lowest BCUT2D eigenvalue weighted by Gasteiger charge is -2.40. The molecule has 1 saturated carbocycles. The SMILES string of the molecule is COc1ccc(C2=NOC3(CCCN(CC4CCCCC4)C3)C2)cc1. The van der Waals surface area contributed by atoms with Gasteiger partial charge in [0.2, 0.25) is 0 Å². The Labute approximate surface area is 151 Å². The van der Waals surface area contributed by atoms with Gasteiger partial charge in [-0.05, 0) is 68.0 Å². The van der Waals surface area contributed by atoms with E-state index in [1.165, 1.54) is 51.6 Å². The minimum absolute atomic E-state index is 0.0951. The van der Waals surface area contributed by atoms with E-state index in [-0.39, 0.29) is 5.60 Å². The number of piperidine rings is 1. The summed E-state index contributed by atoms with van der Waals surface area (Å²) in [6.45, 7) is 3.51. The van der Waals surface area contributed by atoms with Gasteiger partial charge in [-0.1, -0.05) is 24.4 Å². The van der Waals surface area contributed by atoms with E-state index in [2.05, 4.69) is 22.2 Å². The van der Waals surface area contributed by atoms with E-state index < -0.39 is 0 Å². The maximum Gasteiger partial charge on any atom is 0.156 e. The van der Waals surface area contributed by atoms with Crippen LogP contribution < -0.4 is 4.74 Å². The van der Waals surface area contributed by atoms with Crippen molar-refractivity contribution in [3.63, 3.8) is 0 Å². The molecule has 1 aliphatic carbocycles. The quantitative estimate of drug-likeness (QED) is 0.821. The van der Waals surface area contributed by atoms with Gasteiger partial charge in [-0.15, -0.1) is 0 Å². The van der Waals surface area contributed by atoms with Gasteiger partial charge in [0.1, 0.15) is 5.75 Å². The number of hydrogen-bond donors (Lipinski definition) is 0. The van der Waals surface area contributed by atoms with E-state index in [1.807, 2.05) is 12.1 Å². The molecule has 1 unspecified atom stereocenters. The maximum atomic E-state index is 6.04. The summed E-state index contributed by atoms with van der Waals surface area (Å²) in [7, 11) is 1.70. The zero-order chi connectivity index (χ0) is 17.1. The molecule has 3 aliphatic rings. The first-order chi connectivity index (χ1) is 12.3. The van der Waals surface area contributed by atoms with Crippen LogP contribution in [0.1, 0.15) is 56.9 Å². The lowest BCUT2D eigenvalue weighted by molar-refractivity contribution is -0.0718. The van der Waals surface area contributed by atoms with E-state index in [0.717, 1.165) is 42.3 Å². The van der Waals surface area contributed by atoms with Crippen LogP contribution in [0.3, 0.4) is 0 Å². The number of nitrogens with zero attached hydrogens (tertiary/aromatic N) is 2. The molecule has 0 bridgehead atoms. The Kier molecular flexibility index (Phi) is 4.98. The number of methoxy groups -OCH3 is 1. The monoisotopic (exact) mass is 342 g/mol. The molecule has 136 valence electrons. The van der Waals surface area contributed by atoms with E-state index in [0.29, 0.717) is 0 Å². The van der Waals surface area contributed by atoms with Crippen molar-refractivity contribution in [1.82, 2.24) is 4.90 Å². The summed E-state index contributed by atoms with van der Waals surface area (Å²) in [6, 6.07) is 8.17. The van der Waals surface area contributed by atoms with E-state index in [4.69, 9.17) is 9.57 Å². The molecule has 2 aliphatic heterocycles. The van der Waals surface area contributed by atoms with Gasteiger partial charge in [-0.25, -0.2) is 0 Å². The van der Waals surface area contributed by atoms with Crippen molar-refractivity contribution in [3.8, 4) is 5.75 Å². The Bertz CT molecular complexity index is 607. The largest absolute Gasteiger partial charge is 0.497 e. The van der Waals surface area contributed by atoms with Crippen LogP contribution in [0.5, 0.6) is 5.75 Å². The molecule has 1 aromatic rings. The summed E-state index contributed by atoms with van der Waals surface area (Å²) in [4.78, 5) is 8.68. The molecule has 1 aromatic carbocycles. The maximum absolute atomic E-state index is 6.04. The Morgan fingerprint density at radius 3 is 2.72 bits per heavy atom. The van der Waals surface area contributed by atoms with Crippen molar-refractivity contribution >= 4 is 5.71 Å². The van der Waals surface area contributed by atoms with Crippen LogP contribution in [0.4, 0.5) is 0 Å². The Morgan fingerprint density at radius 2 is 1.96 bits per heavy atom. The highest BCUT2D eigenvalue weighted by Crippen LogP contribution is 2.36. The second-order valence-electron chi connectivity index (χ2n) is 8.06. The fourth-order valence-electron chi connectivity index (χ4n) is 4.76. The number of likely N-dealkylation sites (tertiary alicyclic amines) is 1. The number of benzene rings is 1. The Balaban J connectivity index is 1.37. The molecule has 4 rings (SSSR count). The van der Waals surface area contributed by atoms with Crippen molar-refractivity contribution in [2.24, 2.45) is 11.1 Å². The third-order valence-electron chi connectivity index (χ3n) is 6.12. The standard InChI is InChI=1S/C21H30N2O2/c1-24-19-10-8-18(9-11-19)20-14-21(25-22-20)12-5-13-23(16-21)15-17-6-3-2-4-7-17/h8-11,17H,2-7,12-16H2,1H3. The number of rotatable bonds is 4. The summed E-state index contributed by atoms with van der Waals surface area (Å²) in [5.41, 5.74) is 2.14. The third kappa shape index (κ3) is 3.84. The van der Waals surface area contributed by atoms with E-state index in [9.17, 15) is 0 Å². The lowest BCUT2D eigenvalue weighted by Crippen LogP contribution is -2.49. The Morgan fingerprint density at radius 1 is 1.16 bits per heavy atom. The molecule has 25 heavy (non-hydrogen) atoms. The van der Waals surface area contributed by atoms with Crippen LogP contribution in [0.2, 0.25) is 0 Å². The fraction of sp³-hybridized carbons (Fsp3) is 0.667. The van der Waals surface area contributed by atoms with Gasteiger partial charge in [-0.2, -0.15) is 0 Å². The van der Waals surface area contributed by atoms with Crippen LogP contribution in [0.25, 0.3) is 0 Å². The van der Waals surface area contributed by atoms with Gasteiger partial charge in [-0.3, -0.25) is 4.90 Å². The van der Waals surface area contributed by atoms with Gasteiger partial charge < -0.3 is 9.57 Å². The molecule has 1 saturated heterocycles. The van der Waals surface area contributed by atoms with Gasteiger partial charge in [0, 0.05) is 19.5 Å². The van der Waals surface area contributed by atoms with Crippen molar-refractivity contribution in [2.75, 3.05) is 26.7 Å². The van der Waals surface area contributed by atoms with Crippen molar-refractivity contribution in [1.29, 1.82) is 0 Å². The van der Waals surface area contributed by atoms with Crippen molar-refractivity contribution in [3.05, 3.63) is 29.8 Å². The molecule has 0 aromatic heterocycles. The average Bonchev–Trinajstić information content (AvgIpc) is 3.06. The fourth-order valence-corrected chi connectivity index (χ4v) is 4.76. The first-order valence-corrected chi connectivity index (χ1v) is 9.88. The van der Waals surface area contributed by atoms with Crippen molar-refractivity contribution < 1.29 is 9.57 Å². The minimum atomic E-state index is -0.0951. The van der Waals surface area contributed by atoms with E-state index in [1.54, 1.807) is 7.11 Å². The summed E-state index contributed by atoms with van der Waals surface area (Å²) in [6.07, 6.45) is 10.4. The van der Waals surface area contributed by atoms with Gasteiger partial charge >= 0.3 is 0 Å². The topological polar surface area (TPSA) is 34.1 Å². The normalized spacial score (nSPS) is 28.0. The second-order valence-corrected chi connectivity index (χ2v) is 8.06. The van der Waals surface area contributed by atoms with Crippen LogP contribution in [0, 0.1) is 5.92 Å². The van der Waals surface area contributed by atoms with Gasteiger partial charge in [0.15, 0.2) is 5.60 Å². The highest BCUT2D eigenvalue weighted by Gasteiger charge is 2.43. The highest BCUT2D eigenvalue weighted by molar-refractivity contribution is 6.01. The molecular formula is C21H30N2O2. The van der Waals surface area contributed by atoms with E-state index >= 15 is 0 Å². The predicted molar refractivity (Wildman–Crippen MR) is 100 cm³/mol. The van der Waals surface area contributed by atoms with Crippen LogP contribution in [0.15, 0.2) is 29.4 Å². The molecule has 2 heterocycles. The molecule has 4 heteroatoms. The highest BCUT2D eigenvalue weighted by atomic mass is 16.7. The second kappa shape index (κ2) is 7.36. The smallest absolute Gasteiger partial charge is 0.156 e. The first kappa shape index (κ1) is 16.9. The van der Waals surface area contributed by atoms with Gasteiger partial charge in [0.05, 0.1) is 12.8 Å². The number of hydrogen-bond acceptors (Lipinski definition) is 4.